The van der Waals surface area contributed by atoms with E-state index in [1.54, 1.807) is 12.1 Å². The van der Waals surface area contributed by atoms with Gasteiger partial charge in [-0.3, -0.25) is 0 Å². The third kappa shape index (κ3) is 2.73. The molecule has 1 N–H and O–H groups in total. The Kier molecular flexibility index (Phi) is 3.45. The van der Waals surface area contributed by atoms with Crippen LogP contribution in [0.4, 0.5) is 13.2 Å². The largest absolute Gasteiger partial charge is 0.574 e. The summed E-state index contributed by atoms with van der Waals surface area (Å²) < 4.78 is 45.3. The molecule has 3 rings (SSSR count). The van der Waals surface area contributed by atoms with Gasteiger partial charge < -0.3 is 14.3 Å². The molecule has 114 valence electrons. The monoisotopic (exact) mass is 310 g/mol. The molecule has 0 bridgehead atoms. The third-order valence-corrected chi connectivity index (χ3v) is 3.00. The number of hydrogen-bond acceptors (Lipinski definition) is 5. The zero-order valence-corrected chi connectivity index (χ0v) is 11.0. The quantitative estimate of drug-likeness (QED) is 0.804. The summed E-state index contributed by atoms with van der Waals surface area (Å²) in [6, 6.07) is 5.91. The van der Waals surface area contributed by atoms with Gasteiger partial charge in [-0.1, -0.05) is 12.1 Å². The van der Waals surface area contributed by atoms with Crippen LogP contribution in [0.15, 0.2) is 41.3 Å². The van der Waals surface area contributed by atoms with Crippen LogP contribution in [0.1, 0.15) is 5.56 Å². The Labute approximate surface area is 122 Å². The lowest BCUT2D eigenvalue weighted by Crippen LogP contribution is -2.17. The maximum Gasteiger partial charge on any atom is 0.574 e. The van der Waals surface area contributed by atoms with Crippen molar-refractivity contribution in [1.82, 2.24) is 9.97 Å². The molecule has 5 nitrogen and oxygen atoms in total. The first kappa shape index (κ1) is 14.3. The summed E-state index contributed by atoms with van der Waals surface area (Å²) in [5.41, 5.74) is 2.68. The van der Waals surface area contributed by atoms with Gasteiger partial charge in [0.25, 0.3) is 0 Å². The Morgan fingerprint density at radius 3 is 2.59 bits per heavy atom. The SMILES string of the molecule is OCc1ccc(-c2ccc(OC(F)(F)F)nc2)c2ncoc12. The van der Waals surface area contributed by atoms with E-state index in [1.165, 1.54) is 18.7 Å². The molecule has 0 fully saturated rings. The van der Waals surface area contributed by atoms with Crippen LogP contribution in [0.3, 0.4) is 0 Å². The van der Waals surface area contributed by atoms with E-state index < -0.39 is 12.2 Å². The van der Waals surface area contributed by atoms with Crippen molar-refractivity contribution in [3.63, 3.8) is 0 Å². The van der Waals surface area contributed by atoms with Gasteiger partial charge in [0, 0.05) is 29.0 Å². The second-order valence-corrected chi connectivity index (χ2v) is 4.39. The van der Waals surface area contributed by atoms with Gasteiger partial charge in [0.1, 0.15) is 5.52 Å². The van der Waals surface area contributed by atoms with Crippen molar-refractivity contribution in [2.45, 2.75) is 13.0 Å². The van der Waals surface area contributed by atoms with Crippen LogP contribution >= 0.6 is 0 Å². The topological polar surface area (TPSA) is 68.4 Å². The molecule has 0 atom stereocenters. The number of hydrogen-bond donors (Lipinski definition) is 1. The van der Waals surface area contributed by atoms with Crippen LogP contribution < -0.4 is 4.74 Å². The van der Waals surface area contributed by atoms with E-state index in [9.17, 15) is 18.3 Å². The van der Waals surface area contributed by atoms with E-state index >= 15 is 0 Å². The molecule has 0 spiro atoms. The standard InChI is InChI=1S/C14H9F3N2O3/c15-14(16,17)22-11-4-2-8(5-18-11)10-3-1-9(6-20)13-12(10)19-7-21-13/h1-5,7,20H,6H2. The highest BCUT2D eigenvalue weighted by atomic mass is 19.4. The van der Waals surface area contributed by atoms with Gasteiger partial charge in [-0.25, -0.2) is 9.97 Å². The molecule has 0 aliphatic heterocycles. The molecule has 22 heavy (non-hydrogen) atoms. The number of halogens is 3. The van der Waals surface area contributed by atoms with Crippen molar-refractivity contribution in [3.8, 4) is 17.0 Å². The first-order valence-electron chi connectivity index (χ1n) is 6.16. The molecule has 3 aromatic rings. The normalized spacial score (nSPS) is 11.8. The minimum atomic E-state index is -4.78. The molecule has 0 aliphatic carbocycles. The van der Waals surface area contributed by atoms with Crippen molar-refractivity contribution >= 4 is 11.1 Å². The average Bonchev–Trinajstić information content (AvgIpc) is 2.95. The van der Waals surface area contributed by atoms with E-state index in [1.807, 2.05) is 0 Å². The summed E-state index contributed by atoms with van der Waals surface area (Å²) in [6.07, 6.45) is -2.29. The van der Waals surface area contributed by atoms with Gasteiger partial charge in [-0.15, -0.1) is 13.2 Å². The first-order valence-corrected chi connectivity index (χ1v) is 6.16. The average molecular weight is 310 g/mol. The minimum Gasteiger partial charge on any atom is -0.443 e. The zero-order chi connectivity index (χ0) is 15.7. The number of aromatic nitrogens is 2. The summed E-state index contributed by atoms with van der Waals surface area (Å²) >= 11 is 0. The number of aliphatic hydroxyl groups excluding tert-OH is 1. The Bertz CT molecular complexity index is 797. The fraction of sp³-hybridized carbons (Fsp3) is 0.143. The van der Waals surface area contributed by atoms with Gasteiger partial charge in [-0.05, 0) is 6.07 Å². The Hall–Kier alpha value is -2.61. The number of benzene rings is 1. The van der Waals surface area contributed by atoms with E-state index in [-0.39, 0.29) is 6.61 Å². The summed E-state index contributed by atoms with van der Waals surface area (Å²) in [5.74, 6) is -0.542. The molecule has 2 aromatic heterocycles. The number of nitrogens with zero attached hydrogens (tertiary/aromatic N) is 2. The number of rotatable bonds is 3. The first-order chi connectivity index (χ1) is 10.5. The molecule has 0 saturated carbocycles. The van der Waals surface area contributed by atoms with E-state index in [2.05, 4.69) is 14.7 Å². The van der Waals surface area contributed by atoms with Crippen molar-refractivity contribution < 1.29 is 27.4 Å². The highest BCUT2D eigenvalue weighted by Crippen LogP contribution is 2.31. The predicted molar refractivity (Wildman–Crippen MR) is 69.8 cm³/mol. The lowest BCUT2D eigenvalue weighted by atomic mass is 10.0. The fourth-order valence-electron chi connectivity index (χ4n) is 2.08. The highest BCUT2D eigenvalue weighted by Gasteiger charge is 2.31. The molecular weight excluding hydrogens is 301 g/mol. The van der Waals surface area contributed by atoms with Gasteiger partial charge in [-0.2, -0.15) is 0 Å². The molecule has 8 heteroatoms. The predicted octanol–water partition coefficient (Wildman–Crippen LogP) is 3.28. The van der Waals surface area contributed by atoms with Crippen molar-refractivity contribution in [2.24, 2.45) is 0 Å². The lowest BCUT2D eigenvalue weighted by Gasteiger charge is -2.08. The van der Waals surface area contributed by atoms with E-state index in [4.69, 9.17) is 4.42 Å². The van der Waals surface area contributed by atoms with Gasteiger partial charge in [0.2, 0.25) is 5.88 Å². The summed E-state index contributed by atoms with van der Waals surface area (Å²) in [4.78, 5) is 7.69. The number of ether oxygens (including phenoxy) is 1. The van der Waals surface area contributed by atoms with Crippen molar-refractivity contribution in [3.05, 3.63) is 42.4 Å². The van der Waals surface area contributed by atoms with Crippen molar-refractivity contribution in [2.75, 3.05) is 0 Å². The van der Waals surface area contributed by atoms with Crippen LogP contribution in [0.2, 0.25) is 0 Å². The molecule has 0 unspecified atom stereocenters. The van der Waals surface area contributed by atoms with Crippen LogP contribution in [0, 0.1) is 0 Å². The van der Waals surface area contributed by atoms with Gasteiger partial charge in [0.05, 0.1) is 6.61 Å². The number of aliphatic hydroxyl groups is 1. The van der Waals surface area contributed by atoms with Crippen molar-refractivity contribution in [1.29, 1.82) is 0 Å². The molecule has 2 heterocycles. The van der Waals surface area contributed by atoms with Gasteiger partial charge >= 0.3 is 6.36 Å². The van der Waals surface area contributed by atoms with E-state index in [0.717, 1.165) is 6.07 Å². The Balaban J connectivity index is 2.00. The van der Waals surface area contributed by atoms with Crippen LogP contribution in [0.5, 0.6) is 5.88 Å². The zero-order valence-electron chi connectivity index (χ0n) is 11.0. The number of fused-ring (bicyclic) bond motifs is 1. The Morgan fingerprint density at radius 2 is 1.95 bits per heavy atom. The maximum absolute atomic E-state index is 12.1. The smallest absolute Gasteiger partial charge is 0.443 e. The number of pyridine rings is 1. The van der Waals surface area contributed by atoms with Gasteiger partial charge in [0.15, 0.2) is 12.0 Å². The number of oxazole rings is 1. The third-order valence-electron chi connectivity index (χ3n) is 3.00. The molecule has 0 aliphatic rings. The summed E-state index contributed by atoms with van der Waals surface area (Å²) in [5, 5.41) is 9.24. The Morgan fingerprint density at radius 1 is 1.14 bits per heavy atom. The lowest BCUT2D eigenvalue weighted by molar-refractivity contribution is -0.276. The maximum atomic E-state index is 12.1. The second kappa shape index (κ2) is 5.30. The molecule has 0 amide bonds. The molecule has 0 saturated heterocycles. The van der Waals surface area contributed by atoms with E-state index in [0.29, 0.717) is 27.8 Å². The van der Waals surface area contributed by atoms with Crippen LogP contribution in [-0.2, 0) is 6.61 Å². The second-order valence-electron chi connectivity index (χ2n) is 4.39. The molecule has 0 radical (unpaired) electrons. The highest BCUT2D eigenvalue weighted by molar-refractivity contribution is 5.92. The summed E-state index contributed by atoms with van der Waals surface area (Å²) in [7, 11) is 0. The van der Waals surface area contributed by atoms with Crippen LogP contribution in [0.25, 0.3) is 22.2 Å². The minimum absolute atomic E-state index is 0.206. The fourth-order valence-corrected chi connectivity index (χ4v) is 2.08. The summed E-state index contributed by atoms with van der Waals surface area (Å²) in [6.45, 7) is -0.206. The molecule has 1 aromatic carbocycles. The molecular formula is C14H9F3N2O3. The van der Waals surface area contributed by atoms with Crippen LogP contribution in [-0.4, -0.2) is 21.4 Å². The number of alkyl halides is 3.